The van der Waals surface area contributed by atoms with E-state index in [0.717, 1.165) is 19.3 Å². The maximum atomic E-state index is 12.6. The Morgan fingerprint density at radius 2 is 2.41 bits per heavy atom. The SMILES string of the molecule is CC(O)C1CCCCN1C(=O)c1cn(Cc2cccs2)nn1. The van der Waals surface area contributed by atoms with Crippen LogP contribution in [0.3, 0.4) is 0 Å². The van der Waals surface area contributed by atoms with E-state index in [2.05, 4.69) is 10.3 Å². The van der Waals surface area contributed by atoms with E-state index in [1.54, 1.807) is 34.0 Å². The minimum absolute atomic E-state index is 0.122. The standard InChI is InChI=1S/C15H20N4O2S/c1-11(20)14-6-2-3-7-19(14)15(21)13-10-18(17-16-13)9-12-5-4-8-22-12/h4-5,8,10-11,14,20H,2-3,6-7,9H2,1H3. The van der Waals surface area contributed by atoms with Crippen LogP contribution in [0.15, 0.2) is 23.7 Å². The first-order valence-electron chi connectivity index (χ1n) is 7.56. The van der Waals surface area contributed by atoms with E-state index in [-0.39, 0.29) is 11.9 Å². The zero-order valence-electron chi connectivity index (χ0n) is 12.6. The first-order valence-corrected chi connectivity index (χ1v) is 8.44. The smallest absolute Gasteiger partial charge is 0.276 e. The molecule has 1 aliphatic rings. The van der Waals surface area contributed by atoms with E-state index >= 15 is 0 Å². The average molecular weight is 320 g/mol. The molecule has 0 spiro atoms. The third-order valence-electron chi connectivity index (χ3n) is 4.02. The molecule has 0 bridgehead atoms. The number of piperidine rings is 1. The van der Waals surface area contributed by atoms with Gasteiger partial charge in [-0.3, -0.25) is 4.79 Å². The third-order valence-corrected chi connectivity index (χ3v) is 4.88. The fraction of sp³-hybridized carbons (Fsp3) is 0.533. The summed E-state index contributed by atoms with van der Waals surface area (Å²) in [5, 5.41) is 19.9. The summed E-state index contributed by atoms with van der Waals surface area (Å²) in [5.41, 5.74) is 0.351. The van der Waals surface area contributed by atoms with Gasteiger partial charge in [-0.2, -0.15) is 0 Å². The molecule has 1 amide bonds. The number of nitrogens with zero attached hydrogens (tertiary/aromatic N) is 4. The highest BCUT2D eigenvalue weighted by Crippen LogP contribution is 2.21. The number of rotatable bonds is 4. The molecule has 0 saturated carbocycles. The normalized spacial score (nSPS) is 20.1. The van der Waals surface area contributed by atoms with Crippen LogP contribution in [-0.4, -0.2) is 49.6 Å². The van der Waals surface area contributed by atoms with Gasteiger partial charge in [-0.15, -0.1) is 16.4 Å². The lowest BCUT2D eigenvalue weighted by molar-refractivity contribution is 0.0276. The lowest BCUT2D eigenvalue weighted by Crippen LogP contribution is -2.49. The summed E-state index contributed by atoms with van der Waals surface area (Å²) in [7, 11) is 0. The van der Waals surface area contributed by atoms with Gasteiger partial charge in [0.1, 0.15) is 0 Å². The fourth-order valence-electron chi connectivity index (χ4n) is 2.89. The lowest BCUT2D eigenvalue weighted by atomic mass is 9.98. The van der Waals surface area contributed by atoms with Crippen molar-refractivity contribution >= 4 is 17.2 Å². The van der Waals surface area contributed by atoms with Crippen LogP contribution in [0.2, 0.25) is 0 Å². The summed E-state index contributed by atoms with van der Waals surface area (Å²) in [6.45, 7) is 3.04. The molecule has 2 atom stereocenters. The molecule has 2 unspecified atom stereocenters. The molecule has 1 aliphatic heterocycles. The van der Waals surface area contributed by atoms with Gasteiger partial charge < -0.3 is 10.0 Å². The third kappa shape index (κ3) is 3.20. The summed E-state index contributed by atoms with van der Waals surface area (Å²) in [6.07, 6.45) is 4.02. The monoisotopic (exact) mass is 320 g/mol. The Morgan fingerprint density at radius 3 is 3.14 bits per heavy atom. The highest BCUT2D eigenvalue weighted by molar-refractivity contribution is 7.09. The number of thiophene rings is 1. The molecule has 0 aromatic carbocycles. The molecule has 7 heteroatoms. The van der Waals surface area contributed by atoms with E-state index in [0.29, 0.717) is 18.8 Å². The van der Waals surface area contributed by atoms with E-state index in [9.17, 15) is 9.90 Å². The largest absolute Gasteiger partial charge is 0.391 e. The second-order valence-electron chi connectivity index (χ2n) is 5.68. The van der Waals surface area contributed by atoms with Crippen LogP contribution in [0.25, 0.3) is 0 Å². The summed E-state index contributed by atoms with van der Waals surface area (Å²) < 4.78 is 1.68. The molecule has 2 aromatic rings. The van der Waals surface area contributed by atoms with Crippen LogP contribution in [0.5, 0.6) is 0 Å². The van der Waals surface area contributed by atoms with Crippen LogP contribution in [0.4, 0.5) is 0 Å². The van der Waals surface area contributed by atoms with Crippen molar-refractivity contribution in [1.29, 1.82) is 0 Å². The molecular weight excluding hydrogens is 300 g/mol. The van der Waals surface area contributed by atoms with Crippen molar-refractivity contribution in [3.63, 3.8) is 0 Å². The van der Waals surface area contributed by atoms with E-state index in [1.807, 2.05) is 17.5 Å². The van der Waals surface area contributed by atoms with E-state index in [1.165, 1.54) is 4.88 Å². The van der Waals surface area contributed by atoms with Crippen molar-refractivity contribution in [2.24, 2.45) is 0 Å². The number of amides is 1. The summed E-state index contributed by atoms with van der Waals surface area (Å²) in [6, 6.07) is 3.90. The summed E-state index contributed by atoms with van der Waals surface area (Å²) in [4.78, 5) is 15.5. The molecule has 22 heavy (non-hydrogen) atoms. The van der Waals surface area contributed by atoms with Gasteiger partial charge in [0.05, 0.1) is 24.9 Å². The predicted octanol–water partition coefficient (Wildman–Crippen LogP) is 1.76. The van der Waals surface area contributed by atoms with Crippen LogP contribution in [-0.2, 0) is 6.54 Å². The molecule has 2 aromatic heterocycles. The van der Waals surface area contributed by atoms with Gasteiger partial charge in [-0.1, -0.05) is 11.3 Å². The molecule has 6 nitrogen and oxygen atoms in total. The molecular formula is C15H20N4O2S. The lowest BCUT2D eigenvalue weighted by Gasteiger charge is -2.36. The Balaban J connectivity index is 1.73. The van der Waals surface area contributed by atoms with Crippen LogP contribution in [0.1, 0.15) is 41.6 Å². The first kappa shape index (κ1) is 15.2. The highest BCUT2D eigenvalue weighted by Gasteiger charge is 2.31. The van der Waals surface area contributed by atoms with Crippen molar-refractivity contribution in [3.8, 4) is 0 Å². The Hall–Kier alpha value is -1.73. The van der Waals surface area contributed by atoms with Crippen LogP contribution >= 0.6 is 11.3 Å². The van der Waals surface area contributed by atoms with Gasteiger partial charge in [0.2, 0.25) is 0 Å². The molecule has 3 heterocycles. The number of aromatic nitrogens is 3. The first-order chi connectivity index (χ1) is 10.6. The topological polar surface area (TPSA) is 71.2 Å². The minimum atomic E-state index is -0.523. The van der Waals surface area contributed by atoms with Gasteiger partial charge in [0, 0.05) is 11.4 Å². The number of hydrogen-bond acceptors (Lipinski definition) is 5. The zero-order valence-corrected chi connectivity index (χ0v) is 13.4. The number of aliphatic hydroxyl groups excluding tert-OH is 1. The van der Waals surface area contributed by atoms with Crippen LogP contribution in [0, 0.1) is 0 Å². The number of carbonyl (C=O) groups is 1. The molecule has 3 rings (SSSR count). The van der Waals surface area contributed by atoms with Gasteiger partial charge in [-0.25, -0.2) is 4.68 Å². The molecule has 0 aliphatic carbocycles. The van der Waals surface area contributed by atoms with Gasteiger partial charge >= 0.3 is 0 Å². The second kappa shape index (κ2) is 6.58. The van der Waals surface area contributed by atoms with Gasteiger partial charge in [-0.05, 0) is 37.6 Å². The quantitative estimate of drug-likeness (QED) is 0.932. The Labute approximate surface area is 133 Å². The van der Waals surface area contributed by atoms with Crippen molar-refractivity contribution in [3.05, 3.63) is 34.3 Å². The Morgan fingerprint density at radius 1 is 1.55 bits per heavy atom. The summed E-state index contributed by atoms with van der Waals surface area (Å²) in [5.74, 6) is -0.136. The van der Waals surface area contributed by atoms with Crippen LogP contribution < -0.4 is 0 Å². The maximum absolute atomic E-state index is 12.6. The minimum Gasteiger partial charge on any atom is -0.391 e. The van der Waals surface area contributed by atoms with E-state index < -0.39 is 6.10 Å². The van der Waals surface area contributed by atoms with Gasteiger partial charge in [0.25, 0.3) is 5.91 Å². The number of aliphatic hydroxyl groups is 1. The Kier molecular flexibility index (Phi) is 4.54. The van der Waals surface area contributed by atoms with Crippen molar-refractivity contribution < 1.29 is 9.90 Å². The fourth-order valence-corrected chi connectivity index (χ4v) is 3.59. The molecule has 1 saturated heterocycles. The summed E-state index contributed by atoms with van der Waals surface area (Å²) >= 11 is 1.65. The molecule has 118 valence electrons. The highest BCUT2D eigenvalue weighted by atomic mass is 32.1. The second-order valence-corrected chi connectivity index (χ2v) is 6.72. The number of hydrogen-bond donors (Lipinski definition) is 1. The molecule has 1 N–H and O–H groups in total. The van der Waals surface area contributed by atoms with Crippen molar-refractivity contribution in [2.45, 2.75) is 44.9 Å². The molecule has 1 fully saturated rings. The average Bonchev–Trinajstić information content (AvgIpc) is 3.19. The maximum Gasteiger partial charge on any atom is 0.276 e. The zero-order chi connectivity index (χ0) is 15.5. The van der Waals surface area contributed by atoms with Crippen molar-refractivity contribution in [2.75, 3.05) is 6.54 Å². The van der Waals surface area contributed by atoms with Crippen molar-refractivity contribution in [1.82, 2.24) is 19.9 Å². The molecule has 0 radical (unpaired) electrons. The number of likely N-dealkylation sites (tertiary alicyclic amines) is 1. The predicted molar refractivity (Wildman–Crippen MR) is 83.8 cm³/mol. The number of carbonyl (C=O) groups excluding carboxylic acids is 1. The Bertz CT molecular complexity index is 623. The van der Waals surface area contributed by atoms with E-state index in [4.69, 9.17) is 0 Å². The van der Waals surface area contributed by atoms with Gasteiger partial charge in [0.15, 0.2) is 5.69 Å².